The molecule has 0 aromatic carbocycles. The maximum atomic E-state index is 8.74. The summed E-state index contributed by atoms with van der Waals surface area (Å²) in [6.45, 7) is 0. The van der Waals surface area contributed by atoms with Gasteiger partial charge in [-0.25, -0.2) is 0 Å². The molecule has 9 heavy (non-hydrogen) atoms. The van der Waals surface area contributed by atoms with Gasteiger partial charge in [0.2, 0.25) is 0 Å². The fourth-order valence-electron chi connectivity index (χ4n) is 0. The molecule has 0 saturated carbocycles. The van der Waals surface area contributed by atoms with Gasteiger partial charge in [-0.1, -0.05) is 0 Å². The molecular weight excluding hydrogens is 179 g/mol. The molecule has 0 aromatic rings. The Kier molecular flexibility index (Phi) is 42.3. The Morgan fingerprint density at radius 3 is 1.11 bits per heavy atom. The van der Waals surface area contributed by atoms with Crippen molar-refractivity contribution in [3.05, 3.63) is 0 Å². The number of hydrogen-bond acceptors (Lipinski definition) is 2. The minimum atomic E-state index is -4.67. The van der Waals surface area contributed by atoms with E-state index in [1.54, 1.807) is 0 Å². The fraction of sp³-hybridized carbons (Fsp3) is 0. The normalized spacial score (nSPS) is 6.44. The first kappa shape index (κ1) is 32.2. The summed E-state index contributed by atoms with van der Waals surface area (Å²) >= 11 is 0. The SMILES string of the molecule is O.O.O=S(=O)(O)O.[AlH3].[H-].[H-].[Mg+2]. The van der Waals surface area contributed by atoms with Crippen LogP contribution >= 0.6 is 0 Å². The van der Waals surface area contributed by atoms with E-state index < -0.39 is 10.4 Å². The first-order chi connectivity index (χ1) is 2.00. The van der Waals surface area contributed by atoms with Gasteiger partial charge in [0.15, 0.2) is 17.4 Å². The van der Waals surface area contributed by atoms with Crippen LogP contribution < -0.4 is 0 Å². The Hall–Kier alpha value is 1.09. The van der Waals surface area contributed by atoms with Gasteiger partial charge >= 0.3 is 33.5 Å². The molecule has 0 atom stereocenters. The minimum absolute atomic E-state index is 0. The molecule has 0 amide bonds. The maximum absolute atomic E-state index is 8.74. The second kappa shape index (κ2) is 11.8. The third-order valence-corrected chi connectivity index (χ3v) is 0. The summed E-state index contributed by atoms with van der Waals surface area (Å²) in [4.78, 5) is 0. The van der Waals surface area contributed by atoms with Crippen molar-refractivity contribution >= 4 is 50.8 Å². The summed E-state index contributed by atoms with van der Waals surface area (Å²) < 4.78 is 31.6. The smallest absolute Gasteiger partial charge is 1.00 e. The van der Waals surface area contributed by atoms with Gasteiger partial charge in [-0.3, -0.25) is 9.11 Å². The van der Waals surface area contributed by atoms with Crippen LogP contribution in [0.25, 0.3) is 0 Å². The van der Waals surface area contributed by atoms with E-state index in [-0.39, 0.29) is 54.2 Å². The van der Waals surface area contributed by atoms with Gasteiger partial charge in [-0.15, -0.1) is 0 Å². The monoisotopic (exact) mass is 190 g/mol. The van der Waals surface area contributed by atoms with Crippen molar-refractivity contribution in [2.45, 2.75) is 0 Å². The molecule has 0 spiro atoms. The number of rotatable bonds is 0. The zero-order chi connectivity index (χ0) is 4.50. The minimum Gasteiger partial charge on any atom is -1.00 e. The van der Waals surface area contributed by atoms with Crippen molar-refractivity contribution in [2.24, 2.45) is 0 Å². The molecule has 0 fully saturated rings. The van der Waals surface area contributed by atoms with Gasteiger partial charge in [0, 0.05) is 0 Å². The molecule has 0 unspecified atom stereocenters. The molecule has 0 radical (unpaired) electrons. The van der Waals surface area contributed by atoms with E-state index in [4.69, 9.17) is 17.5 Å². The van der Waals surface area contributed by atoms with Gasteiger partial charge in [0.05, 0.1) is 0 Å². The predicted octanol–water partition coefficient (Wildman–Crippen LogP) is -3.64. The summed E-state index contributed by atoms with van der Waals surface area (Å²) in [7, 11) is -4.67. The molecule has 0 aliphatic rings. The van der Waals surface area contributed by atoms with Crippen molar-refractivity contribution < 1.29 is 31.3 Å². The van der Waals surface area contributed by atoms with Gasteiger partial charge in [-0.2, -0.15) is 8.42 Å². The third-order valence-electron chi connectivity index (χ3n) is 0. The maximum Gasteiger partial charge on any atom is 2.00 e. The van der Waals surface area contributed by atoms with Gasteiger partial charge in [-0.05, 0) is 0 Å². The molecule has 6 N–H and O–H groups in total. The summed E-state index contributed by atoms with van der Waals surface area (Å²) in [6.07, 6.45) is 0. The molecule has 6 nitrogen and oxygen atoms in total. The van der Waals surface area contributed by atoms with Crippen molar-refractivity contribution in [1.29, 1.82) is 0 Å². The van der Waals surface area contributed by atoms with Crippen molar-refractivity contribution in [3.8, 4) is 0 Å². The molecule has 58 valence electrons. The van der Waals surface area contributed by atoms with Gasteiger partial charge in [0.1, 0.15) is 0 Å². The summed E-state index contributed by atoms with van der Waals surface area (Å²) in [5, 5.41) is 0. The van der Waals surface area contributed by atoms with Gasteiger partial charge < -0.3 is 13.8 Å². The van der Waals surface area contributed by atoms with Crippen molar-refractivity contribution in [3.63, 3.8) is 0 Å². The van der Waals surface area contributed by atoms with Crippen LogP contribution in [0.3, 0.4) is 0 Å². The molecule has 0 heterocycles. The summed E-state index contributed by atoms with van der Waals surface area (Å²) in [6, 6.07) is 0. The second-order valence-corrected chi connectivity index (χ2v) is 1.34. The van der Waals surface area contributed by atoms with E-state index in [9.17, 15) is 0 Å². The predicted molar refractivity (Wildman–Crippen MR) is 39.3 cm³/mol. The van der Waals surface area contributed by atoms with Crippen molar-refractivity contribution in [1.82, 2.24) is 0 Å². The largest absolute Gasteiger partial charge is 2.00 e. The third kappa shape index (κ3) is 385. The quantitative estimate of drug-likeness (QED) is 0.300. The van der Waals surface area contributed by atoms with E-state index in [1.807, 2.05) is 0 Å². The standard InChI is InChI=1S/Al.Mg.H2O4S.2H2O.5H/c;;1-5(2,3)4;;;;;;;/h;;(H2,1,2,3,4);2*1H2;;;;;/q;+2;;;;;;;2*-1. The van der Waals surface area contributed by atoms with Crippen LogP contribution in [0.5, 0.6) is 0 Å². The van der Waals surface area contributed by atoms with Crippen LogP contribution in [0.15, 0.2) is 0 Å². The van der Waals surface area contributed by atoms with Crippen LogP contribution in [0.4, 0.5) is 0 Å². The fourth-order valence-corrected chi connectivity index (χ4v) is 0. The van der Waals surface area contributed by atoms with Crippen LogP contribution in [-0.2, 0) is 10.4 Å². The van der Waals surface area contributed by atoms with E-state index in [0.29, 0.717) is 0 Å². The van der Waals surface area contributed by atoms with Crippen molar-refractivity contribution in [2.75, 3.05) is 0 Å². The van der Waals surface area contributed by atoms with E-state index in [0.717, 1.165) is 0 Å². The average molecular weight is 190 g/mol. The van der Waals surface area contributed by atoms with E-state index >= 15 is 0 Å². The Morgan fingerprint density at radius 2 is 1.11 bits per heavy atom. The Balaban J connectivity index is -0.00000000533. The second-order valence-electron chi connectivity index (χ2n) is 0.448. The molecule has 0 aromatic heterocycles. The number of hydrogen-bond donors (Lipinski definition) is 2. The Bertz CT molecular complexity index is 104. The molecule has 0 rings (SSSR count). The Morgan fingerprint density at radius 1 is 1.11 bits per heavy atom. The molecule has 0 bridgehead atoms. The summed E-state index contributed by atoms with van der Waals surface area (Å²) in [5.74, 6) is 0. The topological polar surface area (TPSA) is 138 Å². The molecule has 9 heteroatoms. The first-order valence-electron chi connectivity index (χ1n) is 0.698. The molecule has 0 saturated heterocycles. The van der Waals surface area contributed by atoms with Crippen LogP contribution in [0, 0.1) is 0 Å². The first-order valence-corrected chi connectivity index (χ1v) is 2.10. The summed E-state index contributed by atoms with van der Waals surface area (Å²) in [5.41, 5.74) is 0. The van der Waals surface area contributed by atoms with Crippen LogP contribution in [0.1, 0.15) is 2.85 Å². The van der Waals surface area contributed by atoms with Crippen LogP contribution in [0.2, 0.25) is 0 Å². The van der Waals surface area contributed by atoms with E-state index in [2.05, 4.69) is 0 Å². The van der Waals surface area contributed by atoms with E-state index in [1.165, 1.54) is 0 Å². The zero-order valence-corrected chi connectivity index (χ0v) is 6.06. The molecule has 0 aliphatic heterocycles. The average Bonchev–Trinajstić information content (AvgIpc) is 0.722. The molecular formula is H11AlMgO6S. The van der Waals surface area contributed by atoms with Gasteiger partial charge in [0.25, 0.3) is 0 Å². The zero-order valence-electron chi connectivity index (χ0n) is 5.83. The Labute approximate surface area is 82.1 Å². The van der Waals surface area contributed by atoms with Crippen LogP contribution in [-0.4, -0.2) is 68.9 Å². The molecule has 0 aliphatic carbocycles.